The van der Waals surface area contributed by atoms with Crippen LogP contribution in [0, 0.1) is 0 Å². The van der Waals surface area contributed by atoms with E-state index < -0.39 is 27.8 Å². The van der Waals surface area contributed by atoms with Crippen LogP contribution in [0.15, 0.2) is 23.1 Å². The third-order valence-electron chi connectivity index (χ3n) is 3.99. The van der Waals surface area contributed by atoms with Crippen LogP contribution in [0.1, 0.15) is 47.9 Å². The summed E-state index contributed by atoms with van der Waals surface area (Å²) in [7, 11) is -3.95. The Kier molecular flexibility index (Phi) is 5.17. The molecule has 0 aliphatic carbocycles. The number of amides is 2. The smallest absolute Gasteiger partial charge is 0.305 e. The highest BCUT2D eigenvalue weighted by molar-refractivity contribution is 7.90. The third-order valence-corrected chi connectivity index (χ3v) is 5.89. The topological polar surface area (TPSA) is 112 Å². The molecule has 0 radical (unpaired) electrons. The molecule has 8 nitrogen and oxygen atoms in total. The number of carbonyl (C=O) groups excluding carboxylic acids is 2. The van der Waals surface area contributed by atoms with E-state index in [-0.39, 0.29) is 41.6 Å². The fourth-order valence-corrected chi connectivity index (χ4v) is 4.30. The van der Waals surface area contributed by atoms with Crippen LogP contribution >= 0.6 is 0 Å². The standard InChI is InChI=1S/C16H20N2O6S/c1-4-18-16(22)12-6-5-11(9-13(12)25(18,23)24)15(21)17(10(2)3)8-7-14(19)20/h5-6,9-10H,4,7-8H2,1-3H3,(H,19,20). The highest BCUT2D eigenvalue weighted by Gasteiger charge is 2.40. The predicted octanol–water partition coefficient (Wildman–Crippen LogP) is 1.18. The van der Waals surface area contributed by atoms with Crippen molar-refractivity contribution >= 4 is 27.8 Å². The molecule has 0 atom stereocenters. The Labute approximate surface area is 146 Å². The zero-order valence-electron chi connectivity index (χ0n) is 14.2. The number of hydrogen-bond acceptors (Lipinski definition) is 5. The molecule has 0 saturated carbocycles. The van der Waals surface area contributed by atoms with E-state index in [1.807, 2.05) is 0 Å². The van der Waals surface area contributed by atoms with Gasteiger partial charge in [-0.1, -0.05) is 0 Å². The van der Waals surface area contributed by atoms with Crippen molar-refractivity contribution in [3.05, 3.63) is 29.3 Å². The first-order valence-electron chi connectivity index (χ1n) is 7.85. The number of carboxylic acids is 1. The molecule has 25 heavy (non-hydrogen) atoms. The minimum absolute atomic E-state index is 0.00961. The Morgan fingerprint density at radius 2 is 1.92 bits per heavy atom. The predicted molar refractivity (Wildman–Crippen MR) is 88.8 cm³/mol. The van der Waals surface area contributed by atoms with Gasteiger partial charge >= 0.3 is 5.97 Å². The fraction of sp³-hybridized carbons (Fsp3) is 0.438. The average molecular weight is 368 g/mol. The quantitative estimate of drug-likeness (QED) is 0.807. The van der Waals surface area contributed by atoms with Crippen molar-refractivity contribution in [3.63, 3.8) is 0 Å². The fourth-order valence-electron chi connectivity index (χ4n) is 2.70. The maximum atomic E-state index is 12.7. The van der Waals surface area contributed by atoms with E-state index in [1.165, 1.54) is 23.1 Å². The normalized spacial score (nSPS) is 15.4. The van der Waals surface area contributed by atoms with Gasteiger partial charge in [-0.15, -0.1) is 0 Å². The molecule has 2 rings (SSSR count). The molecule has 1 aromatic carbocycles. The van der Waals surface area contributed by atoms with Crippen molar-refractivity contribution in [1.29, 1.82) is 0 Å². The monoisotopic (exact) mass is 368 g/mol. The minimum Gasteiger partial charge on any atom is -0.481 e. The zero-order valence-corrected chi connectivity index (χ0v) is 15.0. The average Bonchev–Trinajstić information content (AvgIpc) is 2.72. The van der Waals surface area contributed by atoms with Crippen molar-refractivity contribution in [1.82, 2.24) is 9.21 Å². The summed E-state index contributed by atoms with van der Waals surface area (Å²) >= 11 is 0. The first-order valence-corrected chi connectivity index (χ1v) is 9.29. The summed E-state index contributed by atoms with van der Waals surface area (Å²) in [6.07, 6.45) is -0.213. The largest absolute Gasteiger partial charge is 0.481 e. The van der Waals surface area contributed by atoms with Crippen molar-refractivity contribution < 1.29 is 27.9 Å². The van der Waals surface area contributed by atoms with Gasteiger partial charge in [-0.05, 0) is 39.0 Å². The van der Waals surface area contributed by atoms with Crippen LogP contribution in [0.25, 0.3) is 0 Å². The van der Waals surface area contributed by atoms with E-state index in [0.29, 0.717) is 0 Å². The van der Waals surface area contributed by atoms with Gasteiger partial charge in [0.2, 0.25) is 0 Å². The van der Waals surface area contributed by atoms with E-state index in [2.05, 4.69) is 0 Å². The molecule has 1 N–H and O–H groups in total. The second-order valence-corrected chi connectivity index (χ2v) is 7.75. The van der Waals surface area contributed by atoms with Crippen molar-refractivity contribution in [2.24, 2.45) is 0 Å². The first kappa shape index (κ1) is 18.9. The second-order valence-electron chi connectivity index (χ2n) is 5.92. The number of hydrogen-bond donors (Lipinski definition) is 1. The zero-order chi connectivity index (χ0) is 18.9. The number of fused-ring (bicyclic) bond motifs is 1. The molecule has 0 spiro atoms. The number of sulfonamides is 1. The van der Waals surface area contributed by atoms with Gasteiger partial charge in [-0.3, -0.25) is 14.4 Å². The molecular formula is C16H20N2O6S. The van der Waals surface area contributed by atoms with Gasteiger partial charge in [-0.25, -0.2) is 12.7 Å². The summed E-state index contributed by atoms with van der Waals surface area (Å²) in [5.41, 5.74) is 0.146. The summed E-state index contributed by atoms with van der Waals surface area (Å²) in [5.74, 6) is -2.11. The van der Waals surface area contributed by atoms with E-state index in [4.69, 9.17) is 5.11 Å². The molecular weight excluding hydrogens is 348 g/mol. The number of aliphatic carboxylic acids is 1. The van der Waals surface area contributed by atoms with Gasteiger partial charge in [0.25, 0.3) is 21.8 Å². The molecule has 9 heteroatoms. The van der Waals surface area contributed by atoms with Crippen LogP contribution in [0.2, 0.25) is 0 Å². The van der Waals surface area contributed by atoms with Crippen molar-refractivity contribution in [2.45, 2.75) is 38.1 Å². The van der Waals surface area contributed by atoms with E-state index in [0.717, 1.165) is 4.31 Å². The minimum atomic E-state index is -3.95. The van der Waals surface area contributed by atoms with Crippen LogP contribution < -0.4 is 0 Å². The lowest BCUT2D eigenvalue weighted by Gasteiger charge is -2.26. The van der Waals surface area contributed by atoms with E-state index >= 15 is 0 Å². The summed E-state index contributed by atoms with van der Waals surface area (Å²) in [4.78, 5) is 36.8. The lowest BCUT2D eigenvalue weighted by Crippen LogP contribution is -2.38. The molecule has 0 unspecified atom stereocenters. The second kappa shape index (κ2) is 6.83. The highest BCUT2D eigenvalue weighted by Crippen LogP contribution is 2.31. The van der Waals surface area contributed by atoms with Crippen LogP contribution in [0.4, 0.5) is 0 Å². The Bertz CT molecular complexity index is 831. The van der Waals surface area contributed by atoms with Gasteiger partial charge in [-0.2, -0.15) is 0 Å². The lowest BCUT2D eigenvalue weighted by molar-refractivity contribution is -0.137. The van der Waals surface area contributed by atoms with Crippen LogP contribution in [-0.4, -0.2) is 59.6 Å². The summed E-state index contributed by atoms with van der Waals surface area (Å²) in [6.45, 7) is 5.06. The maximum Gasteiger partial charge on any atom is 0.305 e. The Morgan fingerprint density at radius 1 is 1.28 bits per heavy atom. The van der Waals surface area contributed by atoms with Gasteiger partial charge in [0, 0.05) is 24.7 Å². The van der Waals surface area contributed by atoms with E-state index in [9.17, 15) is 22.8 Å². The molecule has 0 fully saturated rings. The summed E-state index contributed by atoms with van der Waals surface area (Å²) in [6, 6.07) is 3.65. The number of carboxylic acid groups (broad SMARTS) is 1. The SMILES string of the molecule is CCN1C(=O)c2ccc(C(=O)N(CCC(=O)O)C(C)C)cc2S1(=O)=O. The number of rotatable bonds is 6. The number of carbonyl (C=O) groups is 3. The molecule has 2 amide bonds. The summed E-state index contributed by atoms with van der Waals surface area (Å²) < 4.78 is 25.6. The summed E-state index contributed by atoms with van der Waals surface area (Å²) in [5, 5.41) is 8.82. The molecule has 136 valence electrons. The van der Waals surface area contributed by atoms with E-state index in [1.54, 1.807) is 20.8 Å². The van der Waals surface area contributed by atoms with Gasteiger partial charge in [0.05, 0.1) is 12.0 Å². The molecule has 1 heterocycles. The van der Waals surface area contributed by atoms with Crippen LogP contribution in [-0.2, 0) is 14.8 Å². The van der Waals surface area contributed by atoms with Crippen molar-refractivity contribution in [3.8, 4) is 0 Å². The Morgan fingerprint density at radius 3 is 2.44 bits per heavy atom. The molecule has 0 bridgehead atoms. The molecule has 0 saturated heterocycles. The Hall–Kier alpha value is -2.42. The maximum absolute atomic E-state index is 12.7. The molecule has 0 aromatic heterocycles. The molecule has 1 aliphatic rings. The lowest BCUT2D eigenvalue weighted by atomic mass is 10.1. The first-order chi connectivity index (χ1) is 11.6. The van der Waals surface area contributed by atoms with Crippen molar-refractivity contribution in [2.75, 3.05) is 13.1 Å². The number of nitrogens with zero attached hydrogens (tertiary/aromatic N) is 2. The number of benzene rings is 1. The highest BCUT2D eigenvalue weighted by atomic mass is 32.2. The van der Waals surface area contributed by atoms with Gasteiger partial charge < -0.3 is 10.0 Å². The van der Waals surface area contributed by atoms with Crippen LogP contribution in [0.5, 0.6) is 0 Å². The van der Waals surface area contributed by atoms with Crippen LogP contribution in [0.3, 0.4) is 0 Å². The van der Waals surface area contributed by atoms with Gasteiger partial charge in [0.15, 0.2) is 0 Å². The van der Waals surface area contributed by atoms with Gasteiger partial charge in [0.1, 0.15) is 4.90 Å². The molecule has 1 aromatic rings. The molecule has 1 aliphatic heterocycles. The third kappa shape index (κ3) is 3.37. The Balaban J connectivity index is 2.41.